The maximum atomic E-state index is 9.51. The van der Waals surface area contributed by atoms with E-state index in [2.05, 4.69) is 0 Å². The van der Waals surface area contributed by atoms with E-state index in [9.17, 15) is 5.11 Å². The largest absolute Gasteiger partial charge is 0.387 e. The fraction of sp³-hybridized carbons (Fsp3) is 0.364. The van der Waals surface area contributed by atoms with Crippen molar-refractivity contribution in [1.29, 1.82) is 5.26 Å². The van der Waals surface area contributed by atoms with Crippen molar-refractivity contribution in [2.75, 3.05) is 0 Å². The van der Waals surface area contributed by atoms with Crippen LogP contribution in [0, 0.1) is 25.2 Å². The van der Waals surface area contributed by atoms with Crippen molar-refractivity contribution in [3.63, 3.8) is 0 Å². The van der Waals surface area contributed by atoms with Crippen molar-refractivity contribution < 1.29 is 5.11 Å². The number of nitriles is 1. The molecule has 0 spiro atoms. The van der Waals surface area contributed by atoms with Crippen LogP contribution in [0.4, 0.5) is 0 Å². The molecule has 1 atom stereocenters. The first kappa shape index (κ1) is 9.76. The van der Waals surface area contributed by atoms with E-state index >= 15 is 0 Å². The zero-order valence-corrected chi connectivity index (χ0v) is 7.91. The lowest BCUT2D eigenvalue weighted by Crippen LogP contribution is -1.96. The molecule has 0 heterocycles. The SMILES string of the molecule is Cc1ccc(C(O)CC#N)cc1C. The lowest BCUT2D eigenvalue weighted by molar-refractivity contribution is 0.183. The van der Waals surface area contributed by atoms with Crippen LogP contribution in [0.1, 0.15) is 29.2 Å². The van der Waals surface area contributed by atoms with E-state index in [1.54, 1.807) is 0 Å². The zero-order chi connectivity index (χ0) is 9.84. The minimum absolute atomic E-state index is 0.155. The van der Waals surface area contributed by atoms with Gasteiger partial charge < -0.3 is 5.11 Å². The van der Waals surface area contributed by atoms with Crippen molar-refractivity contribution in [2.24, 2.45) is 0 Å². The summed E-state index contributed by atoms with van der Waals surface area (Å²) in [5.41, 5.74) is 3.17. The van der Waals surface area contributed by atoms with Gasteiger partial charge in [-0.15, -0.1) is 0 Å². The maximum absolute atomic E-state index is 9.51. The van der Waals surface area contributed by atoms with Gasteiger partial charge in [-0.05, 0) is 30.5 Å². The second-order valence-corrected chi connectivity index (χ2v) is 3.22. The smallest absolute Gasteiger partial charge is 0.0920 e. The van der Waals surface area contributed by atoms with Gasteiger partial charge in [-0.2, -0.15) is 5.26 Å². The van der Waals surface area contributed by atoms with E-state index in [0.29, 0.717) is 0 Å². The van der Waals surface area contributed by atoms with Gasteiger partial charge in [-0.3, -0.25) is 0 Å². The molecule has 13 heavy (non-hydrogen) atoms. The highest BCUT2D eigenvalue weighted by Gasteiger charge is 2.06. The fourth-order valence-electron chi connectivity index (χ4n) is 1.18. The van der Waals surface area contributed by atoms with Gasteiger partial charge >= 0.3 is 0 Å². The summed E-state index contributed by atoms with van der Waals surface area (Å²) >= 11 is 0. The molecule has 1 rings (SSSR count). The molecule has 0 aliphatic carbocycles. The maximum Gasteiger partial charge on any atom is 0.0920 e. The number of benzene rings is 1. The van der Waals surface area contributed by atoms with Crippen LogP contribution < -0.4 is 0 Å². The van der Waals surface area contributed by atoms with Gasteiger partial charge in [0.1, 0.15) is 0 Å². The molecule has 1 aromatic rings. The molecule has 0 fully saturated rings. The van der Waals surface area contributed by atoms with E-state index in [-0.39, 0.29) is 6.42 Å². The van der Waals surface area contributed by atoms with E-state index in [1.807, 2.05) is 38.1 Å². The van der Waals surface area contributed by atoms with Crippen molar-refractivity contribution in [2.45, 2.75) is 26.4 Å². The number of rotatable bonds is 2. The number of hydrogen-bond donors (Lipinski definition) is 1. The second kappa shape index (κ2) is 4.06. The Bertz CT molecular complexity index is 338. The third-order valence-corrected chi connectivity index (χ3v) is 2.20. The van der Waals surface area contributed by atoms with Gasteiger partial charge in [0.05, 0.1) is 18.6 Å². The summed E-state index contributed by atoms with van der Waals surface area (Å²) < 4.78 is 0. The Morgan fingerprint density at radius 2 is 2.08 bits per heavy atom. The van der Waals surface area contributed by atoms with Gasteiger partial charge in [-0.25, -0.2) is 0 Å². The molecule has 0 saturated heterocycles. The van der Waals surface area contributed by atoms with Crippen LogP contribution in [0.2, 0.25) is 0 Å². The van der Waals surface area contributed by atoms with Crippen LogP contribution in [-0.2, 0) is 0 Å². The van der Waals surface area contributed by atoms with Crippen LogP contribution in [0.15, 0.2) is 18.2 Å². The average Bonchev–Trinajstić information content (AvgIpc) is 2.10. The van der Waals surface area contributed by atoms with Gasteiger partial charge in [0.25, 0.3) is 0 Å². The zero-order valence-electron chi connectivity index (χ0n) is 7.91. The van der Waals surface area contributed by atoms with Crippen LogP contribution in [0.3, 0.4) is 0 Å². The topological polar surface area (TPSA) is 44.0 Å². The van der Waals surface area contributed by atoms with E-state index in [1.165, 1.54) is 5.56 Å². The summed E-state index contributed by atoms with van der Waals surface area (Å²) in [7, 11) is 0. The van der Waals surface area contributed by atoms with Gasteiger partial charge in [-0.1, -0.05) is 18.2 Å². The number of hydrogen-bond acceptors (Lipinski definition) is 2. The molecule has 2 nitrogen and oxygen atoms in total. The molecular formula is C11H13NO. The minimum Gasteiger partial charge on any atom is -0.387 e. The quantitative estimate of drug-likeness (QED) is 0.749. The Balaban J connectivity index is 2.91. The monoisotopic (exact) mass is 175 g/mol. The number of aryl methyl sites for hydroxylation is 2. The molecule has 0 aliphatic rings. The molecule has 68 valence electrons. The Labute approximate surface area is 78.4 Å². The molecule has 1 unspecified atom stereocenters. The van der Waals surface area contributed by atoms with Crippen molar-refractivity contribution >= 4 is 0 Å². The fourth-order valence-corrected chi connectivity index (χ4v) is 1.18. The molecule has 1 N–H and O–H groups in total. The van der Waals surface area contributed by atoms with Crippen molar-refractivity contribution in [3.05, 3.63) is 34.9 Å². The molecule has 0 aliphatic heterocycles. The Morgan fingerprint density at radius 1 is 1.38 bits per heavy atom. The van der Waals surface area contributed by atoms with Crippen LogP contribution in [0.25, 0.3) is 0 Å². The first-order valence-corrected chi connectivity index (χ1v) is 4.27. The lowest BCUT2D eigenvalue weighted by atomic mass is 10.0. The van der Waals surface area contributed by atoms with Crippen LogP contribution >= 0.6 is 0 Å². The number of nitrogens with zero attached hydrogens (tertiary/aromatic N) is 1. The normalized spacial score (nSPS) is 12.2. The third kappa shape index (κ3) is 2.30. The highest BCUT2D eigenvalue weighted by molar-refractivity contribution is 5.31. The average molecular weight is 175 g/mol. The summed E-state index contributed by atoms with van der Waals surface area (Å²) in [5.74, 6) is 0. The molecule has 0 radical (unpaired) electrons. The first-order valence-electron chi connectivity index (χ1n) is 4.27. The molecule has 0 amide bonds. The third-order valence-electron chi connectivity index (χ3n) is 2.20. The highest BCUT2D eigenvalue weighted by Crippen LogP contribution is 2.18. The second-order valence-electron chi connectivity index (χ2n) is 3.22. The molecule has 0 aromatic heterocycles. The van der Waals surface area contributed by atoms with E-state index in [0.717, 1.165) is 11.1 Å². The Kier molecular flexibility index (Phi) is 3.05. The summed E-state index contributed by atoms with van der Waals surface area (Å²) in [6, 6.07) is 7.71. The number of aliphatic hydroxyl groups excluding tert-OH is 1. The minimum atomic E-state index is -0.649. The summed E-state index contributed by atoms with van der Waals surface area (Å²) in [6.45, 7) is 4.02. The molecule has 0 bridgehead atoms. The predicted octanol–water partition coefficient (Wildman–Crippen LogP) is 2.25. The van der Waals surface area contributed by atoms with Gasteiger partial charge in [0.15, 0.2) is 0 Å². The van der Waals surface area contributed by atoms with Gasteiger partial charge in [0, 0.05) is 0 Å². The lowest BCUT2D eigenvalue weighted by Gasteiger charge is -2.08. The number of aliphatic hydroxyl groups is 1. The molecule has 2 heteroatoms. The van der Waals surface area contributed by atoms with E-state index in [4.69, 9.17) is 5.26 Å². The standard InChI is InChI=1S/C11H13NO/c1-8-3-4-10(7-9(8)2)11(13)5-6-12/h3-4,7,11,13H,5H2,1-2H3. The summed E-state index contributed by atoms with van der Waals surface area (Å²) in [5, 5.41) is 17.9. The van der Waals surface area contributed by atoms with Crippen LogP contribution in [-0.4, -0.2) is 5.11 Å². The molecule has 0 saturated carbocycles. The Morgan fingerprint density at radius 3 is 2.62 bits per heavy atom. The summed E-state index contributed by atoms with van der Waals surface area (Å²) in [6.07, 6.45) is -0.494. The highest BCUT2D eigenvalue weighted by atomic mass is 16.3. The molecular weight excluding hydrogens is 162 g/mol. The van der Waals surface area contributed by atoms with Crippen LogP contribution in [0.5, 0.6) is 0 Å². The predicted molar refractivity (Wildman–Crippen MR) is 51.1 cm³/mol. The summed E-state index contributed by atoms with van der Waals surface area (Å²) in [4.78, 5) is 0. The Hall–Kier alpha value is -1.33. The van der Waals surface area contributed by atoms with E-state index < -0.39 is 6.10 Å². The first-order chi connectivity index (χ1) is 6.15. The van der Waals surface area contributed by atoms with Crippen molar-refractivity contribution in [1.82, 2.24) is 0 Å². The molecule has 1 aromatic carbocycles. The van der Waals surface area contributed by atoms with Crippen molar-refractivity contribution in [3.8, 4) is 6.07 Å². The van der Waals surface area contributed by atoms with Gasteiger partial charge in [0.2, 0.25) is 0 Å².